The first-order chi connectivity index (χ1) is 9.97. The molecule has 0 aromatic carbocycles. The molecule has 2 nitrogen and oxygen atoms in total. The molecule has 2 rings (SSSR count). The van der Waals surface area contributed by atoms with E-state index in [4.69, 9.17) is 0 Å². The van der Waals surface area contributed by atoms with Crippen LogP contribution in [0.25, 0.3) is 0 Å². The second-order valence-corrected chi connectivity index (χ2v) is 8.29. The largest absolute Gasteiger partial charge is 0.303 e. The number of nitrogens with zero attached hydrogens (tertiary/aromatic N) is 2. The quantitative estimate of drug-likeness (QED) is 0.741. The van der Waals surface area contributed by atoms with Gasteiger partial charge in [-0.3, -0.25) is 4.90 Å². The van der Waals surface area contributed by atoms with Crippen molar-refractivity contribution in [2.45, 2.75) is 91.3 Å². The normalized spacial score (nSPS) is 29.7. The van der Waals surface area contributed by atoms with Gasteiger partial charge in [-0.2, -0.15) is 0 Å². The molecule has 2 heteroatoms. The summed E-state index contributed by atoms with van der Waals surface area (Å²) >= 11 is 0. The van der Waals surface area contributed by atoms with Gasteiger partial charge in [-0.25, -0.2) is 0 Å². The third-order valence-electron chi connectivity index (χ3n) is 5.82. The van der Waals surface area contributed by atoms with E-state index in [2.05, 4.69) is 44.4 Å². The Morgan fingerprint density at radius 3 is 1.86 bits per heavy atom. The lowest BCUT2D eigenvalue weighted by Gasteiger charge is -2.43. The molecule has 0 radical (unpaired) electrons. The van der Waals surface area contributed by atoms with Crippen LogP contribution in [0, 0.1) is 11.8 Å². The topological polar surface area (TPSA) is 6.48 Å². The first-order valence-corrected chi connectivity index (χ1v) is 9.47. The van der Waals surface area contributed by atoms with Crippen molar-refractivity contribution in [2.75, 3.05) is 19.6 Å². The molecule has 0 aromatic rings. The summed E-state index contributed by atoms with van der Waals surface area (Å²) in [5.41, 5.74) is 0. The van der Waals surface area contributed by atoms with Crippen LogP contribution in [0.4, 0.5) is 0 Å². The van der Waals surface area contributed by atoms with Crippen LogP contribution in [0.2, 0.25) is 0 Å². The van der Waals surface area contributed by atoms with Crippen LogP contribution in [0.15, 0.2) is 0 Å². The van der Waals surface area contributed by atoms with Gasteiger partial charge in [0.15, 0.2) is 0 Å². The average Bonchev–Trinajstić information content (AvgIpc) is 2.42. The molecule has 124 valence electrons. The lowest BCUT2D eigenvalue weighted by molar-refractivity contribution is 0.0519. The van der Waals surface area contributed by atoms with E-state index in [0.29, 0.717) is 12.1 Å². The highest BCUT2D eigenvalue weighted by molar-refractivity contribution is 4.84. The smallest absolute Gasteiger partial charge is 0.0125 e. The monoisotopic (exact) mass is 294 g/mol. The predicted octanol–water partition coefficient (Wildman–Crippen LogP) is 4.40. The van der Waals surface area contributed by atoms with Crippen molar-refractivity contribution < 1.29 is 0 Å². The minimum Gasteiger partial charge on any atom is -0.303 e. The van der Waals surface area contributed by atoms with Crippen LogP contribution in [0.3, 0.4) is 0 Å². The van der Waals surface area contributed by atoms with Crippen molar-refractivity contribution in [3.05, 3.63) is 0 Å². The lowest BCUT2D eigenvalue weighted by atomic mass is 9.82. The molecule has 0 spiro atoms. The third kappa shape index (κ3) is 4.96. The van der Waals surface area contributed by atoms with E-state index in [1.54, 1.807) is 0 Å². The van der Waals surface area contributed by atoms with Crippen molar-refractivity contribution in [1.82, 2.24) is 9.80 Å². The van der Waals surface area contributed by atoms with Crippen LogP contribution in [-0.4, -0.2) is 47.6 Å². The number of piperidine rings is 1. The van der Waals surface area contributed by atoms with Crippen molar-refractivity contribution in [3.63, 3.8) is 0 Å². The molecule has 0 N–H and O–H groups in total. The fourth-order valence-corrected chi connectivity index (χ4v) is 4.72. The molecule has 1 aliphatic carbocycles. The Kier molecular flexibility index (Phi) is 6.55. The Labute approximate surface area is 133 Å². The number of rotatable bonds is 5. The standard InChI is InChI=1S/C19H38N2/c1-15(2)21(16(3)4)19-10-12-20(13-11-19)14-18-8-6-17(5)7-9-18/h15-19H,6-14H2,1-5H3. The van der Waals surface area contributed by atoms with Crippen LogP contribution in [0.5, 0.6) is 0 Å². The average molecular weight is 295 g/mol. The Morgan fingerprint density at radius 2 is 1.38 bits per heavy atom. The molecule has 2 fully saturated rings. The van der Waals surface area contributed by atoms with Crippen LogP contribution in [-0.2, 0) is 0 Å². The van der Waals surface area contributed by atoms with Gasteiger partial charge in [0.1, 0.15) is 0 Å². The van der Waals surface area contributed by atoms with E-state index < -0.39 is 0 Å². The summed E-state index contributed by atoms with van der Waals surface area (Å²) in [4.78, 5) is 5.50. The molecule has 1 saturated heterocycles. The van der Waals surface area contributed by atoms with Gasteiger partial charge in [0, 0.05) is 24.7 Å². The lowest BCUT2D eigenvalue weighted by Crippen LogP contribution is -2.51. The van der Waals surface area contributed by atoms with Crippen LogP contribution in [0.1, 0.15) is 73.1 Å². The van der Waals surface area contributed by atoms with Crippen LogP contribution < -0.4 is 0 Å². The van der Waals surface area contributed by atoms with Gasteiger partial charge in [0.2, 0.25) is 0 Å². The number of likely N-dealkylation sites (tertiary alicyclic amines) is 1. The Bertz CT molecular complexity index is 276. The van der Waals surface area contributed by atoms with E-state index in [-0.39, 0.29) is 0 Å². The first kappa shape index (κ1) is 17.3. The number of hydrogen-bond donors (Lipinski definition) is 0. The van der Waals surface area contributed by atoms with Crippen molar-refractivity contribution >= 4 is 0 Å². The summed E-state index contributed by atoms with van der Waals surface area (Å²) < 4.78 is 0. The highest BCUT2D eigenvalue weighted by atomic mass is 15.2. The molecule has 1 aliphatic heterocycles. The summed E-state index contributed by atoms with van der Waals surface area (Å²) in [6.45, 7) is 15.9. The summed E-state index contributed by atoms with van der Waals surface area (Å²) in [5, 5.41) is 0. The maximum Gasteiger partial charge on any atom is 0.0125 e. The second kappa shape index (κ2) is 7.97. The maximum atomic E-state index is 2.76. The van der Waals surface area contributed by atoms with E-state index in [9.17, 15) is 0 Å². The zero-order valence-electron chi connectivity index (χ0n) is 15.1. The molecular weight excluding hydrogens is 256 g/mol. The zero-order chi connectivity index (χ0) is 15.4. The summed E-state index contributed by atoms with van der Waals surface area (Å²) in [5.74, 6) is 1.97. The van der Waals surface area contributed by atoms with Gasteiger partial charge in [0.05, 0.1) is 0 Å². The van der Waals surface area contributed by atoms with Crippen molar-refractivity contribution in [3.8, 4) is 0 Å². The summed E-state index contributed by atoms with van der Waals surface area (Å²) in [7, 11) is 0. The summed E-state index contributed by atoms with van der Waals surface area (Å²) in [6, 6.07) is 2.18. The first-order valence-electron chi connectivity index (χ1n) is 9.47. The molecule has 1 saturated carbocycles. The minimum absolute atomic E-state index is 0.682. The molecule has 0 bridgehead atoms. The van der Waals surface area contributed by atoms with Gasteiger partial charge in [0.25, 0.3) is 0 Å². The van der Waals surface area contributed by atoms with Crippen LogP contribution >= 0.6 is 0 Å². The predicted molar refractivity (Wildman–Crippen MR) is 92.7 cm³/mol. The highest BCUT2D eigenvalue weighted by Gasteiger charge is 2.29. The van der Waals surface area contributed by atoms with E-state index >= 15 is 0 Å². The Hall–Kier alpha value is -0.0800. The summed E-state index contributed by atoms with van der Waals surface area (Å²) in [6.07, 6.45) is 8.64. The molecule has 2 aliphatic rings. The third-order valence-corrected chi connectivity index (χ3v) is 5.82. The fraction of sp³-hybridized carbons (Fsp3) is 1.00. The zero-order valence-corrected chi connectivity index (χ0v) is 15.1. The van der Waals surface area contributed by atoms with E-state index in [1.807, 2.05) is 0 Å². The molecule has 1 heterocycles. The maximum absolute atomic E-state index is 2.76. The van der Waals surface area contributed by atoms with Gasteiger partial charge >= 0.3 is 0 Å². The fourth-order valence-electron chi connectivity index (χ4n) is 4.72. The molecule has 21 heavy (non-hydrogen) atoms. The van der Waals surface area contributed by atoms with Gasteiger partial charge < -0.3 is 4.90 Å². The van der Waals surface area contributed by atoms with Gasteiger partial charge in [-0.1, -0.05) is 19.8 Å². The number of hydrogen-bond acceptors (Lipinski definition) is 2. The van der Waals surface area contributed by atoms with Gasteiger partial charge in [-0.05, 0) is 78.3 Å². The van der Waals surface area contributed by atoms with E-state index in [1.165, 1.54) is 58.2 Å². The van der Waals surface area contributed by atoms with Crippen molar-refractivity contribution in [2.24, 2.45) is 11.8 Å². The highest BCUT2D eigenvalue weighted by Crippen LogP contribution is 2.30. The Morgan fingerprint density at radius 1 is 0.857 bits per heavy atom. The van der Waals surface area contributed by atoms with Crippen molar-refractivity contribution in [1.29, 1.82) is 0 Å². The molecule has 0 unspecified atom stereocenters. The molecule has 0 atom stereocenters. The second-order valence-electron chi connectivity index (χ2n) is 8.29. The SMILES string of the molecule is CC1CCC(CN2CCC(N(C(C)C)C(C)C)CC2)CC1. The Balaban J connectivity index is 1.75. The molecule has 0 aromatic heterocycles. The molecule has 0 amide bonds. The minimum atomic E-state index is 0.682. The van der Waals surface area contributed by atoms with E-state index in [0.717, 1.165) is 17.9 Å². The molecular formula is C19H38N2. The van der Waals surface area contributed by atoms with Gasteiger partial charge in [-0.15, -0.1) is 0 Å².